The SMILES string of the molecule is COc1cccc(NC(=O)Cn2c3cc(OC)c(OC)cc3c3nc4n(c(=O)c32)[C@@H]2CS(=O)(=O)C[C@H]2S4)c1. The molecule has 38 heavy (non-hydrogen) atoms. The van der Waals surface area contributed by atoms with Crippen molar-refractivity contribution in [3.63, 3.8) is 0 Å². The normalized spacial score (nSPS) is 19.3. The molecule has 2 aromatic heterocycles. The van der Waals surface area contributed by atoms with E-state index in [0.29, 0.717) is 44.5 Å². The van der Waals surface area contributed by atoms with Crippen LogP contribution in [-0.2, 0) is 21.2 Å². The Morgan fingerprint density at radius 2 is 1.87 bits per heavy atom. The highest BCUT2D eigenvalue weighted by molar-refractivity contribution is 8.02. The van der Waals surface area contributed by atoms with E-state index in [1.165, 1.54) is 37.7 Å². The molecule has 0 spiro atoms. The molecule has 1 amide bonds. The zero-order valence-corrected chi connectivity index (χ0v) is 22.4. The Labute approximate surface area is 221 Å². The molecule has 2 aliphatic heterocycles. The minimum Gasteiger partial charge on any atom is -0.497 e. The van der Waals surface area contributed by atoms with Crippen LogP contribution in [0.15, 0.2) is 46.3 Å². The van der Waals surface area contributed by atoms with Crippen molar-refractivity contribution in [2.75, 3.05) is 38.2 Å². The fourth-order valence-electron chi connectivity index (χ4n) is 5.21. The third-order valence-corrected chi connectivity index (χ3v) is 10.1. The molecule has 0 saturated carbocycles. The molecule has 11 nitrogen and oxygen atoms in total. The first-order valence-electron chi connectivity index (χ1n) is 11.7. The summed E-state index contributed by atoms with van der Waals surface area (Å²) in [7, 11) is 1.31. The Morgan fingerprint density at radius 3 is 2.61 bits per heavy atom. The highest BCUT2D eigenvalue weighted by Crippen LogP contribution is 2.45. The highest BCUT2D eigenvalue weighted by Gasteiger charge is 2.46. The standard InChI is InChI=1S/C25H24N4O7S2/c1-34-14-6-4-5-13(7-14)26-21(30)10-28-16-9-19(36-3)18(35-2)8-15(16)22-23(28)24(31)29-17-11-38(32,33)12-20(17)37-25(29)27-22/h4-9,17,20H,10-12H2,1-3H3,(H,26,30)/t17-,20-/m1/s1. The van der Waals surface area contributed by atoms with Crippen LogP contribution in [0.3, 0.4) is 0 Å². The van der Waals surface area contributed by atoms with Crippen molar-refractivity contribution in [2.45, 2.75) is 23.0 Å². The van der Waals surface area contributed by atoms with Crippen LogP contribution in [0.1, 0.15) is 6.04 Å². The van der Waals surface area contributed by atoms with Crippen molar-refractivity contribution < 1.29 is 27.4 Å². The summed E-state index contributed by atoms with van der Waals surface area (Å²) in [6, 6.07) is 9.91. The van der Waals surface area contributed by atoms with Crippen LogP contribution < -0.4 is 25.1 Å². The minimum absolute atomic E-state index is 0.00403. The van der Waals surface area contributed by atoms with E-state index in [0.717, 1.165) is 0 Å². The molecule has 1 fully saturated rings. The third kappa shape index (κ3) is 3.88. The molecule has 2 atom stereocenters. The van der Waals surface area contributed by atoms with Gasteiger partial charge in [0.15, 0.2) is 26.5 Å². The number of carbonyl (C=O) groups excluding carboxylic acids is 1. The van der Waals surface area contributed by atoms with Gasteiger partial charge in [-0.15, -0.1) is 0 Å². The maximum absolute atomic E-state index is 14.0. The quantitative estimate of drug-likeness (QED) is 0.356. The number of anilines is 1. The summed E-state index contributed by atoms with van der Waals surface area (Å²) in [5, 5.41) is 3.68. The van der Waals surface area contributed by atoms with Gasteiger partial charge in [-0.3, -0.25) is 14.2 Å². The van der Waals surface area contributed by atoms with Gasteiger partial charge >= 0.3 is 0 Å². The van der Waals surface area contributed by atoms with E-state index < -0.39 is 15.9 Å². The van der Waals surface area contributed by atoms with Crippen molar-refractivity contribution in [2.24, 2.45) is 0 Å². The van der Waals surface area contributed by atoms with Gasteiger partial charge in [-0.25, -0.2) is 13.4 Å². The lowest BCUT2D eigenvalue weighted by Gasteiger charge is -2.12. The molecule has 1 N–H and O–H groups in total. The second-order valence-electron chi connectivity index (χ2n) is 9.16. The zero-order chi connectivity index (χ0) is 26.8. The molecule has 0 bridgehead atoms. The lowest BCUT2D eigenvalue weighted by molar-refractivity contribution is -0.116. The van der Waals surface area contributed by atoms with Crippen LogP contribution in [0.4, 0.5) is 5.69 Å². The smallest absolute Gasteiger partial charge is 0.279 e. The Balaban J connectivity index is 1.53. The Bertz CT molecular complexity index is 1800. The van der Waals surface area contributed by atoms with Gasteiger partial charge in [-0.1, -0.05) is 17.8 Å². The summed E-state index contributed by atoms with van der Waals surface area (Å²) in [4.78, 5) is 32.0. The Hall–Kier alpha value is -3.71. The summed E-state index contributed by atoms with van der Waals surface area (Å²) in [5.41, 5.74) is 1.35. The van der Waals surface area contributed by atoms with Crippen molar-refractivity contribution in [1.82, 2.24) is 14.1 Å². The van der Waals surface area contributed by atoms with Gasteiger partial charge in [0, 0.05) is 28.5 Å². The lowest BCUT2D eigenvalue weighted by atomic mass is 10.2. The van der Waals surface area contributed by atoms with E-state index in [9.17, 15) is 18.0 Å². The molecule has 0 radical (unpaired) electrons. The number of amides is 1. The average Bonchev–Trinajstić information content (AvgIpc) is 3.48. The fourth-order valence-corrected chi connectivity index (χ4v) is 9.11. The molecule has 4 aromatic rings. The highest BCUT2D eigenvalue weighted by atomic mass is 32.2. The van der Waals surface area contributed by atoms with Gasteiger partial charge in [0.2, 0.25) is 5.91 Å². The van der Waals surface area contributed by atoms with Crippen LogP contribution in [0.25, 0.3) is 21.9 Å². The number of ether oxygens (including phenoxy) is 3. The maximum atomic E-state index is 14.0. The van der Waals surface area contributed by atoms with Crippen molar-refractivity contribution in [1.29, 1.82) is 0 Å². The summed E-state index contributed by atoms with van der Waals surface area (Å²) >= 11 is 1.31. The summed E-state index contributed by atoms with van der Waals surface area (Å²) in [6.45, 7) is -0.192. The topological polar surface area (TPSA) is 131 Å². The van der Waals surface area contributed by atoms with E-state index in [-0.39, 0.29) is 40.3 Å². The van der Waals surface area contributed by atoms with Gasteiger partial charge in [0.1, 0.15) is 23.3 Å². The molecule has 2 aromatic carbocycles. The van der Waals surface area contributed by atoms with E-state index >= 15 is 0 Å². The molecule has 198 valence electrons. The number of aromatic nitrogens is 3. The lowest BCUT2D eigenvalue weighted by Crippen LogP contribution is -2.29. The Kier molecular flexibility index (Phi) is 5.80. The third-order valence-electron chi connectivity index (χ3n) is 6.89. The van der Waals surface area contributed by atoms with Crippen LogP contribution in [0.5, 0.6) is 17.2 Å². The molecule has 0 aliphatic carbocycles. The number of fused-ring (bicyclic) bond motifs is 6. The average molecular weight is 557 g/mol. The van der Waals surface area contributed by atoms with Crippen LogP contribution in [0.2, 0.25) is 0 Å². The number of nitrogens with one attached hydrogen (secondary N) is 1. The first-order chi connectivity index (χ1) is 18.2. The number of carbonyl (C=O) groups is 1. The molecule has 1 saturated heterocycles. The molecular weight excluding hydrogens is 532 g/mol. The number of nitrogens with zero attached hydrogens (tertiary/aromatic N) is 3. The number of hydrogen-bond acceptors (Lipinski definition) is 9. The fraction of sp³-hybridized carbons (Fsp3) is 0.320. The molecular formula is C25H24N4O7S2. The number of thioether (sulfide) groups is 1. The molecule has 0 unspecified atom stereocenters. The van der Waals surface area contributed by atoms with Gasteiger partial charge in [0.05, 0.1) is 44.4 Å². The van der Waals surface area contributed by atoms with Gasteiger partial charge in [0.25, 0.3) is 5.56 Å². The van der Waals surface area contributed by atoms with Gasteiger partial charge < -0.3 is 24.1 Å². The van der Waals surface area contributed by atoms with E-state index in [2.05, 4.69) is 5.32 Å². The molecule has 13 heteroatoms. The van der Waals surface area contributed by atoms with Crippen molar-refractivity contribution in [3.05, 3.63) is 46.8 Å². The van der Waals surface area contributed by atoms with E-state index in [1.54, 1.807) is 41.0 Å². The second kappa shape index (κ2) is 8.95. The first kappa shape index (κ1) is 24.6. The predicted molar refractivity (Wildman–Crippen MR) is 144 cm³/mol. The number of sulfone groups is 1. The summed E-state index contributed by atoms with van der Waals surface area (Å²) in [5.74, 6) is 1.01. The first-order valence-corrected chi connectivity index (χ1v) is 14.4. The minimum atomic E-state index is -3.25. The monoisotopic (exact) mass is 556 g/mol. The number of hydrogen-bond donors (Lipinski definition) is 1. The zero-order valence-electron chi connectivity index (χ0n) is 20.8. The second-order valence-corrected chi connectivity index (χ2v) is 12.5. The predicted octanol–water partition coefficient (Wildman–Crippen LogP) is 2.46. The maximum Gasteiger partial charge on any atom is 0.279 e. The summed E-state index contributed by atoms with van der Waals surface area (Å²) in [6.07, 6.45) is 0. The van der Waals surface area contributed by atoms with Gasteiger partial charge in [-0.05, 0) is 18.2 Å². The van der Waals surface area contributed by atoms with Gasteiger partial charge in [-0.2, -0.15) is 0 Å². The summed E-state index contributed by atoms with van der Waals surface area (Å²) < 4.78 is 43.9. The number of benzene rings is 2. The molecule has 6 rings (SSSR count). The van der Waals surface area contributed by atoms with E-state index in [1.807, 2.05) is 0 Å². The molecule has 2 aliphatic rings. The molecule has 4 heterocycles. The Morgan fingerprint density at radius 1 is 1.11 bits per heavy atom. The van der Waals surface area contributed by atoms with Crippen molar-refractivity contribution in [3.8, 4) is 17.2 Å². The van der Waals surface area contributed by atoms with Crippen molar-refractivity contribution >= 4 is 55.1 Å². The largest absolute Gasteiger partial charge is 0.497 e. The van der Waals surface area contributed by atoms with Crippen LogP contribution in [-0.4, -0.2) is 66.5 Å². The number of rotatable bonds is 6. The van der Waals surface area contributed by atoms with Crippen LogP contribution >= 0.6 is 11.8 Å². The van der Waals surface area contributed by atoms with Crippen LogP contribution in [0, 0.1) is 0 Å². The number of methoxy groups -OCH3 is 3. The van der Waals surface area contributed by atoms with E-state index in [4.69, 9.17) is 19.2 Å².